The Labute approximate surface area is 412 Å². The molecule has 1 amide bonds. The van der Waals surface area contributed by atoms with Gasteiger partial charge in [0, 0.05) is 80.7 Å². The number of aromatic nitrogens is 3. The molecule has 18 heteroatoms. The molecule has 17 nitrogen and oxygen atoms in total. The number of likely N-dealkylation sites (tertiary alicyclic amines) is 1. The number of hydrogen-bond donors (Lipinski definition) is 3. The lowest BCUT2D eigenvalue weighted by atomic mass is 9.59. The minimum atomic E-state index is -4.60. The molecule has 3 aromatic heterocycles. The number of aromatic amines is 1. The number of carbonyl (C=O) groups excluding carboxylic acids is 1. The number of hydrogen-bond acceptors (Lipinski definition) is 14. The van der Waals surface area contributed by atoms with Gasteiger partial charge >= 0.3 is 0 Å². The number of H-pyrrole nitrogens is 1. The van der Waals surface area contributed by atoms with Gasteiger partial charge < -0.3 is 34.3 Å². The zero-order chi connectivity index (χ0) is 48.3. The first-order valence-electron chi connectivity index (χ1n) is 24.9. The van der Waals surface area contributed by atoms with Crippen LogP contribution < -0.4 is 24.6 Å². The van der Waals surface area contributed by atoms with Gasteiger partial charge in [-0.15, -0.1) is 0 Å². The van der Waals surface area contributed by atoms with E-state index in [1.165, 1.54) is 48.1 Å². The molecule has 6 aromatic rings. The largest absolute Gasteiger partial charge is 0.468 e. The Bertz CT molecular complexity index is 3090. The average molecular weight is 980 g/mol. The highest BCUT2D eigenvalue weighted by atomic mass is 32.2. The number of ether oxygens (including phenoxy) is 3. The van der Waals surface area contributed by atoms with Crippen molar-refractivity contribution in [2.45, 2.75) is 80.5 Å². The van der Waals surface area contributed by atoms with Crippen LogP contribution in [0.15, 0.2) is 108 Å². The zero-order valence-corrected chi connectivity index (χ0v) is 40.2. The summed E-state index contributed by atoms with van der Waals surface area (Å²) in [6.07, 6.45) is 13.5. The molecule has 1 spiro atoms. The molecule has 5 aliphatic heterocycles. The van der Waals surface area contributed by atoms with Crippen molar-refractivity contribution < 1.29 is 32.3 Å². The van der Waals surface area contributed by atoms with Crippen molar-refractivity contribution in [1.82, 2.24) is 24.6 Å². The van der Waals surface area contributed by atoms with E-state index in [-0.39, 0.29) is 28.6 Å². The molecule has 12 rings (SSSR count). The quantitative estimate of drug-likeness (QED) is 0.0781. The van der Waals surface area contributed by atoms with E-state index in [4.69, 9.17) is 19.2 Å². The maximum Gasteiger partial charge on any atom is 0.293 e. The molecule has 3 atom stereocenters. The van der Waals surface area contributed by atoms with E-state index in [2.05, 4.69) is 66.2 Å². The maximum atomic E-state index is 14.6. The van der Waals surface area contributed by atoms with Gasteiger partial charge in [0.25, 0.3) is 21.6 Å². The molecule has 0 radical (unpaired) electrons. The second-order valence-electron chi connectivity index (χ2n) is 20.1. The van der Waals surface area contributed by atoms with Crippen LogP contribution in [0.1, 0.15) is 73.3 Å². The molecule has 71 heavy (non-hydrogen) atoms. The van der Waals surface area contributed by atoms with Gasteiger partial charge in [-0.25, -0.2) is 13.1 Å². The topological polar surface area (TPSA) is 197 Å². The van der Waals surface area contributed by atoms with E-state index in [9.17, 15) is 23.3 Å². The first-order valence-corrected chi connectivity index (χ1v) is 26.4. The SMILES string of the molecule is O=C(NS(=O)(=O)c1ccc(NCC2CCOCC2)c([N+](=O)[O-])c1)c1ccc(N2CCC3(CC2)CC(N2CCC[C@H]2c2ccccc2-c2ccncc2)C3)cc1N1c2cc3cc[nH]c3nc2O[C@@H]2COC[C@H]21. The van der Waals surface area contributed by atoms with Crippen molar-refractivity contribution in [3.63, 3.8) is 0 Å². The summed E-state index contributed by atoms with van der Waals surface area (Å²) < 4.78 is 48.3. The predicted molar refractivity (Wildman–Crippen MR) is 269 cm³/mol. The fourth-order valence-corrected chi connectivity index (χ4v) is 13.2. The summed E-state index contributed by atoms with van der Waals surface area (Å²) >= 11 is 0. The fraction of sp³-hybridized carbons (Fsp3) is 0.415. The van der Waals surface area contributed by atoms with Gasteiger partial charge in [-0.2, -0.15) is 4.98 Å². The number of rotatable bonds is 12. The standard InChI is InChI=1S/C53H57N9O8S/c63-51(58-71(66,67)39-8-10-43(46(28-39)62(64)65)56-31-34-14-24-68-25-15-34)42-9-7-37(27-45(42)61-47-26-36-13-20-55-50(36)57-52(47)70-49-33-69-32-48(49)61)59-22-16-53(17-23-59)29-38(30-53)60-21-3-6-44(60)41-5-2-1-4-40(41)35-11-18-54-19-12-35/h1-2,4-5,7-13,18-20,26-28,34,38,44,48-49,56H,3,6,14-17,21-25,29-33H2,(H,55,57)(H,58,63)/t44-,48+,49+/m0/s1. The lowest BCUT2D eigenvalue weighted by Crippen LogP contribution is -2.55. The summed E-state index contributed by atoms with van der Waals surface area (Å²) in [5.74, 6) is -0.239. The number of nitrogens with one attached hydrogen (secondary N) is 3. The minimum absolute atomic E-state index is 0.107. The van der Waals surface area contributed by atoms with Gasteiger partial charge in [0.05, 0.1) is 40.3 Å². The fourth-order valence-electron chi connectivity index (χ4n) is 12.2. The number of fused-ring (bicyclic) bond motifs is 3. The van der Waals surface area contributed by atoms with Gasteiger partial charge in [0.1, 0.15) is 23.1 Å². The number of carbonyl (C=O) groups is 1. The van der Waals surface area contributed by atoms with Crippen LogP contribution in [0.25, 0.3) is 22.2 Å². The number of anilines is 4. The van der Waals surface area contributed by atoms with Gasteiger partial charge in [-0.1, -0.05) is 24.3 Å². The first kappa shape index (κ1) is 45.5. The molecule has 0 bridgehead atoms. The highest BCUT2D eigenvalue weighted by Crippen LogP contribution is 2.55. The second-order valence-corrected chi connectivity index (χ2v) is 21.8. The molecule has 6 aliphatic rings. The van der Waals surface area contributed by atoms with Crippen LogP contribution in [0.3, 0.4) is 0 Å². The summed E-state index contributed by atoms with van der Waals surface area (Å²) in [6.45, 7) is 5.12. The van der Waals surface area contributed by atoms with Crippen molar-refractivity contribution in [1.29, 1.82) is 0 Å². The average Bonchev–Trinajstić information content (AvgIpc) is 4.18. The third kappa shape index (κ3) is 8.63. The molecule has 1 aliphatic carbocycles. The van der Waals surface area contributed by atoms with Crippen LogP contribution in [0.5, 0.6) is 5.88 Å². The zero-order valence-electron chi connectivity index (χ0n) is 39.4. The molecular weight excluding hydrogens is 923 g/mol. The van der Waals surface area contributed by atoms with Gasteiger partial charge in [0.2, 0.25) is 5.88 Å². The smallest absolute Gasteiger partial charge is 0.293 e. The summed E-state index contributed by atoms with van der Waals surface area (Å²) in [7, 11) is -4.60. The maximum absolute atomic E-state index is 14.6. The lowest BCUT2D eigenvalue weighted by molar-refractivity contribution is -0.384. The van der Waals surface area contributed by atoms with Crippen molar-refractivity contribution >= 4 is 55.4 Å². The number of benzene rings is 3. The van der Waals surface area contributed by atoms with E-state index in [0.29, 0.717) is 68.0 Å². The van der Waals surface area contributed by atoms with Crippen LogP contribution in [0.2, 0.25) is 0 Å². The molecule has 4 saturated heterocycles. The molecule has 3 N–H and O–H groups in total. The number of nitro groups is 1. The third-order valence-corrected chi connectivity index (χ3v) is 17.4. The molecule has 1 saturated carbocycles. The predicted octanol–water partition coefficient (Wildman–Crippen LogP) is 8.37. The molecule has 0 unspecified atom stereocenters. The van der Waals surface area contributed by atoms with Crippen LogP contribution in [0.4, 0.5) is 28.4 Å². The van der Waals surface area contributed by atoms with Crippen LogP contribution >= 0.6 is 0 Å². The Kier molecular flexibility index (Phi) is 11.9. The number of sulfonamides is 1. The van der Waals surface area contributed by atoms with Crippen LogP contribution in [-0.4, -0.2) is 110 Å². The van der Waals surface area contributed by atoms with Gasteiger partial charge in [0.15, 0.2) is 0 Å². The molecule has 3 aromatic carbocycles. The first-order chi connectivity index (χ1) is 34.6. The Morgan fingerprint density at radius 3 is 2.54 bits per heavy atom. The minimum Gasteiger partial charge on any atom is -0.468 e. The molecular formula is C53H57N9O8S. The molecule has 8 heterocycles. The second kappa shape index (κ2) is 18.5. The Morgan fingerprint density at radius 2 is 1.72 bits per heavy atom. The lowest BCUT2D eigenvalue weighted by Gasteiger charge is -2.56. The number of nitrogens with zero attached hydrogens (tertiary/aromatic N) is 6. The van der Waals surface area contributed by atoms with Crippen LogP contribution in [0, 0.1) is 21.4 Å². The van der Waals surface area contributed by atoms with E-state index >= 15 is 0 Å². The Morgan fingerprint density at radius 1 is 0.901 bits per heavy atom. The van der Waals surface area contributed by atoms with Gasteiger partial charge in [-0.3, -0.25) is 24.8 Å². The highest BCUT2D eigenvalue weighted by molar-refractivity contribution is 7.90. The van der Waals surface area contributed by atoms with E-state index < -0.39 is 37.5 Å². The number of nitro benzene ring substituents is 1. The Balaban J connectivity index is 0.809. The van der Waals surface area contributed by atoms with Crippen molar-refractivity contribution in [3.05, 3.63) is 125 Å². The van der Waals surface area contributed by atoms with E-state index in [1.54, 1.807) is 12.3 Å². The van der Waals surface area contributed by atoms with Crippen LogP contribution in [-0.2, 0) is 19.5 Å². The van der Waals surface area contributed by atoms with E-state index in [1.807, 2.05) is 41.6 Å². The third-order valence-electron chi connectivity index (χ3n) is 16.0. The number of amides is 1. The van der Waals surface area contributed by atoms with Gasteiger partial charge in [-0.05, 0) is 141 Å². The summed E-state index contributed by atoms with van der Waals surface area (Å²) in [6, 6.07) is 26.7. The normalized spacial score (nSPS) is 22.5. The summed E-state index contributed by atoms with van der Waals surface area (Å²) in [5, 5.41) is 16.3. The van der Waals surface area contributed by atoms with Crippen molar-refractivity contribution in [2.24, 2.45) is 11.3 Å². The van der Waals surface area contributed by atoms with E-state index in [0.717, 1.165) is 68.9 Å². The summed E-state index contributed by atoms with van der Waals surface area (Å²) in [4.78, 5) is 45.3. The molecule has 5 fully saturated rings. The number of pyridine rings is 2. The highest BCUT2D eigenvalue weighted by Gasteiger charge is 2.50. The Hall–Kier alpha value is -6.60. The summed E-state index contributed by atoms with van der Waals surface area (Å²) in [5.41, 5.74) is 6.72. The molecule has 368 valence electrons. The van der Waals surface area contributed by atoms with Crippen molar-refractivity contribution in [3.8, 4) is 17.0 Å². The monoisotopic (exact) mass is 979 g/mol. The van der Waals surface area contributed by atoms with Crippen molar-refractivity contribution in [2.75, 3.05) is 67.7 Å². The number of piperidine rings is 1.